The lowest BCUT2D eigenvalue weighted by molar-refractivity contribution is -0.145. The van der Waals surface area contributed by atoms with Crippen LogP contribution < -0.4 is 11.1 Å². The predicted molar refractivity (Wildman–Crippen MR) is 92.1 cm³/mol. The Morgan fingerprint density at radius 3 is 2.59 bits per heavy atom. The number of alkyl halides is 3. The van der Waals surface area contributed by atoms with Gasteiger partial charge < -0.3 is 15.8 Å². The van der Waals surface area contributed by atoms with Crippen LogP contribution in [0.2, 0.25) is 0 Å². The maximum Gasteiger partial charge on any atom is 0.451 e. The first-order chi connectivity index (χ1) is 12.7. The van der Waals surface area contributed by atoms with E-state index in [1.807, 2.05) is 6.07 Å². The summed E-state index contributed by atoms with van der Waals surface area (Å²) < 4.78 is 43.9. The topological polar surface area (TPSA) is 90.1 Å². The molecule has 1 saturated heterocycles. The third-order valence-electron chi connectivity index (χ3n) is 4.42. The van der Waals surface area contributed by atoms with Crippen LogP contribution in [-0.4, -0.2) is 29.1 Å². The minimum atomic E-state index is -4.73. The number of amides is 1. The number of ether oxygens (including phenoxy) is 1. The molecule has 6 nitrogen and oxygen atoms in total. The van der Waals surface area contributed by atoms with E-state index in [0.717, 1.165) is 5.56 Å². The standard InChI is InChI=1S/C18H19F3N4O2/c1-11-9-14(25-16(23-11)18(19,20)21)15(26)24-13-4-2-3-12(10-13)17(22)5-7-27-8-6-17/h2-4,9-10H,5-8,22H2,1H3,(H,24,26). The van der Waals surface area contributed by atoms with E-state index >= 15 is 0 Å². The Bertz CT molecular complexity index is 849. The lowest BCUT2D eigenvalue weighted by Crippen LogP contribution is -2.42. The number of rotatable bonds is 3. The number of anilines is 1. The zero-order chi connectivity index (χ0) is 19.7. The molecule has 0 unspecified atom stereocenters. The highest BCUT2D eigenvalue weighted by Crippen LogP contribution is 2.31. The number of aryl methyl sites for hydroxylation is 1. The number of hydrogen-bond donors (Lipinski definition) is 2. The van der Waals surface area contributed by atoms with Gasteiger partial charge in [-0.05, 0) is 43.5 Å². The third-order valence-corrected chi connectivity index (χ3v) is 4.42. The smallest absolute Gasteiger partial charge is 0.381 e. The van der Waals surface area contributed by atoms with Crippen molar-refractivity contribution in [2.24, 2.45) is 5.73 Å². The Morgan fingerprint density at radius 1 is 1.22 bits per heavy atom. The summed E-state index contributed by atoms with van der Waals surface area (Å²) in [6.45, 7) is 2.47. The van der Waals surface area contributed by atoms with Gasteiger partial charge in [0.05, 0.1) is 0 Å². The molecule has 0 atom stereocenters. The van der Waals surface area contributed by atoms with Crippen LogP contribution in [0, 0.1) is 6.92 Å². The van der Waals surface area contributed by atoms with Crippen molar-refractivity contribution in [3.05, 3.63) is 53.1 Å². The number of aromatic nitrogens is 2. The molecule has 0 radical (unpaired) electrons. The minimum Gasteiger partial charge on any atom is -0.381 e. The number of halogens is 3. The summed E-state index contributed by atoms with van der Waals surface area (Å²) >= 11 is 0. The highest BCUT2D eigenvalue weighted by atomic mass is 19.4. The van der Waals surface area contributed by atoms with Gasteiger partial charge in [-0.25, -0.2) is 9.97 Å². The Kier molecular flexibility index (Phi) is 5.16. The van der Waals surface area contributed by atoms with Gasteiger partial charge in [0.25, 0.3) is 5.91 Å². The maximum absolute atomic E-state index is 12.9. The van der Waals surface area contributed by atoms with Crippen LogP contribution in [0.3, 0.4) is 0 Å². The third kappa shape index (κ3) is 4.42. The van der Waals surface area contributed by atoms with Crippen molar-refractivity contribution in [2.45, 2.75) is 31.5 Å². The van der Waals surface area contributed by atoms with Crippen LogP contribution in [0.5, 0.6) is 0 Å². The second kappa shape index (κ2) is 7.24. The summed E-state index contributed by atoms with van der Waals surface area (Å²) in [6.07, 6.45) is -3.44. The van der Waals surface area contributed by atoms with E-state index in [4.69, 9.17) is 10.5 Å². The second-order valence-corrected chi connectivity index (χ2v) is 6.52. The number of nitrogens with two attached hydrogens (primary N) is 1. The van der Waals surface area contributed by atoms with Gasteiger partial charge in [0.2, 0.25) is 5.82 Å². The summed E-state index contributed by atoms with van der Waals surface area (Å²) in [5, 5.41) is 2.58. The van der Waals surface area contributed by atoms with Crippen molar-refractivity contribution in [3.8, 4) is 0 Å². The first kappa shape index (κ1) is 19.2. The molecule has 2 heterocycles. The van der Waals surface area contributed by atoms with Crippen molar-refractivity contribution in [2.75, 3.05) is 18.5 Å². The molecule has 0 spiro atoms. The van der Waals surface area contributed by atoms with Gasteiger partial charge >= 0.3 is 6.18 Å². The van der Waals surface area contributed by atoms with Gasteiger partial charge in [0.1, 0.15) is 5.69 Å². The number of nitrogens with one attached hydrogen (secondary N) is 1. The molecule has 0 bridgehead atoms. The first-order valence-corrected chi connectivity index (χ1v) is 8.39. The molecule has 1 amide bonds. The fourth-order valence-electron chi connectivity index (χ4n) is 2.94. The van der Waals surface area contributed by atoms with Crippen LogP contribution in [0.15, 0.2) is 30.3 Å². The lowest BCUT2D eigenvalue weighted by Gasteiger charge is -2.34. The van der Waals surface area contributed by atoms with E-state index in [2.05, 4.69) is 15.3 Å². The molecule has 0 aliphatic carbocycles. The van der Waals surface area contributed by atoms with Crippen molar-refractivity contribution >= 4 is 11.6 Å². The zero-order valence-corrected chi connectivity index (χ0v) is 14.6. The fourth-order valence-corrected chi connectivity index (χ4v) is 2.94. The van der Waals surface area contributed by atoms with E-state index in [1.165, 1.54) is 13.0 Å². The van der Waals surface area contributed by atoms with E-state index in [1.54, 1.807) is 18.2 Å². The van der Waals surface area contributed by atoms with Crippen LogP contribution in [0.25, 0.3) is 0 Å². The number of carbonyl (C=O) groups is 1. The molecule has 3 N–H and O–H groups in total. The number of carbonyl (C=O) groups excluding carboxylic acids is 1. The van der Waals surface area contributed by atoms with Gasteiger partial charge in [-0.15, -0.1) is 0 Å². The summed E-state index contributed by atoms with van der Waals surface area (Å²) in [5.41, 5.74) is 6.84. The van der Waals surface area contributed by atoms with Crippen molar-refractivity contribution in [1.29, 1.82) is 0 Å². The molecular formula is C18H19F3N4O2. The Hall–Kier alpha value is -2.52. The second-order valence-electron chi connectivity index (χ2n) is 6.52. The van der Waals surface area contributed by atoms with Gasteiger partial charge in [0.15, 0.2) is 0 Å². The normalized spacial score (nSPS) is 16.8. The summed E-state index contributed by atoms with van der Waals surface area (Å²) in [4.78, 5) is 19.1. The highest BCUT2D eigenvalue weighted by molar-refractivity contribution is 6.02. The zero-order valence-electron chi connectivity index (χ0n) is 14.6. The molecular weight excluding hydrogens is 361 g/mol. The fraction of sp³-hybridized carbons (Fsp3) is 0.389. The molecule has 144 valence electrons. The summed E-state index contributed by atoms with van der Waals surface area (Å²) in [7, 11) is 0. The Morgan fingerprint density at radius 2 is 1.93 bits per heavy atom. The minimum absolute atomic E-state index is 0.0549. The predicted octanol–water partition coefficient (Wildman–Crippen LogP) is 3.02. The van der Waals surface area contributed by atoms with E-state index in [-0.39, 0.29) is 11.4 Å². The quantitative estimate of drug-likeness (QED) is 0.854. The molecule has 1 aromatic heterocycles. The monoisotopic (exact) mass is 380 g/mol. The average molecular weight is 380 g/mol. The van der Waals surface area contributed by atoms with E-state index < -0.39 is 23.4 Å². The number of hydrogen-bond acceptors (Lipinski definition) is 5. The van der Waals surface area contributed by atoms with Crippen LogP contribution >= 0.6 is 0 Å². The van der Waals surface area contributed by atoms with Gasteiger partial charge in [-0.1, -0.05) is 12.1 Å². The molecule has 9 heteroatoms. The van der Waals surface area contributed by atoms with Crippen LogP contribution in [0.4, 0.5) is 18.9 Å². The maximum atomic E-state index is 12.9. The molecule has 2 aromatic rings. The largest absolute Gasteiger partial charge is 0.451 e. The number of nitrogens with zero attached hydrogens (tertiary/aromatic N) is 2. The molecule has 3 rings (SSSR count). The van der Waals surface area contributed by atoms with Gasteiger partial charge in [0, 0.05) is 30.1 Å². The Labute approximate surface area is 154 Å². The van der Waals surface area contributed by atoms with Crippen molar-refractivity contribution < 1.29 is 22.7 Å². The van der Waals surface area contributed by atoms with E-state index in [9.17, 15) is 18.0 Å². The molecule has 1 aliphatic heterocycles. The van der Waals surface area contributed by atoms with E-state index in [0.29, 0.717) is 31.7 Å². The number of benzene rings is 1. The van der Waals surface area contributed by atoms with Gasteiger partial charge in [-0.3, -0.25) is 4.79 Å². The first-order valence-electron chi connectivity index (χ1n) is 8.39. The average Bonchev–Trinajstić information content (AvgIpc) is 2.61. The van der Waals surface area contributed by atoms with Gasteiger partial charge in [-0.2, -0.15) is 13.2 Å². The molecule has 0 saturated carbocycles. The molecule has 1 fully saturated rings. The molecule has 1 aliphatic rings. The summed E-state index contributed by atoms with van der Waals surface area (Å²) in [5.74, 6) is -2.09. The van der Waals surface area contributed by atoms with Crippen molar-refractivity contribution in [3.63, 3.8) is 0 Å². The molecule has 1 aromatic carbocycles. The highest BCUT2D eigenvalue weighted by Gasteiger charge is 2.35. The van der Waals surface area contributed by atoms with Crippen molar-refractivity contribution in [1.82, 2.24) is 9.97 Å². The van der Waals surface area contributed by atoms with Crippen LogP contribution in [-0.2, 0) is 16.5 Å². The van der Waals surface area contributed by atoms with Crippen LogP contribution in [0.1, 0.15) is 40.4 Å². The molecule has 27 heavy (non-hydrogen) atoms. The summed E-state index contributed by atoms with van der Waals surface area (Å²) in [6, 6.07) is 8.17. The Balaban J connectivity index is 1.83. The SMILES string of the molecule is Cc1cc(C(=O)Nc2cccc(C3(N)CCOCC3)c2)nc(C(F)(F)F)n1. The lowest BCUT2D eigenvalue weighted by atomic mass is 9.83.